The van der Waals surface area contributed by atoms with Gasteiger partial charge in [-0.1, -0.05) is 36.4 Å². The van der Waals surface area contributed by atoms with Crippen LogP contribution >= 0.6 is 0 Å². The molecule has 0 fully saturated rings. The van der Waals surface area contributed by atoms with E-state index in [-0.39, 0.29) is 0 Å². The zero-order chi connectivity index (χ0) is 14.9. The lowest BCUT2D eigenvalue weighted by molar-refractivity contribution is 0.325. The van der Waals surface area contributed by atoms with Gasteiger partial charge in [0.25, 0.3) is 0 Å². The summed E-state index contributed by atoms with van der Waals surface area (Å²) in [6.07, 6.45) is 1.03. The molecule has 0 aliphatic rings. The monoisotopic (exact) mass is 280 g/mol. The normalized spacial score (nSPS) is 10.3. The number of hydrogen-bond acceptors (Lipinski definition) is 4. The van der Waals surface area contributed by atoms with Crippen LogP contribution in [0.15, 0.2) is 48.5 Å². The second-order valence-corrected chi connectivity index (χ2v) is 5.02. The number of benzene rings is 1. The number of anilines is 1. The molecule has 2 rings (SSSR count). The Hall–Kier alpha value is -2.38. The van der Waals surface area contributed by atoms with E-state index in [1.807, 2.05) is 24.3 Å². The van der Waals surface area contributed by atoms with E-state index in [9.17, 15) is 0 Å². The van der Waals surface area contributed by atoms with Crippen molar-refractivity contribution in [2.45, 2.75) is 13.0 Å². The van der Waals surface area contributed by atoms with E-state index < -0.39 is 0 Å². The maximum atomic E-state index is 8.80. The fraction of sp³-hybridized carbons (Fsp3) is 0.294. The number of hydrogen-bond donors (Lipinski definition) is 1. The van der Waals surface area contributed by atoms with Gasteiger partial charge in [0.15, 0.2) is 0 Å². The van der Waals surface area contributed by atoms with E-state index in [0.717, 1.165) is 31.9 Å². The fourth-order valence-electron chi connectivity index (χ4n) is 2.14. The fourth-order valence-corrected chi connectivity index (χ4v) is 2.14. The second kappa shape index (κ2) is 8.03. The minimum atomic E-state index is 0.446. The van der Waals surface area contributed by atoms with Gasteiger partial charge >= 0.3 is 0 Å². The minimum absolute atomic E-state index is 0.446. The third-order valence-electron chi connectivity index (χ3n) is 3.18. The first-order valence-electron chi connectivity index (χ1n) is 7.11. The van der Waals surface area contributed by atoms with Crippen molar-refractivity contribution in [2.75, 3.05) is 25.5 Å². The molecule has 4 nitrogen and oxygen atoms in total. The van der Waals surface area contributed by atoms with Crippen LogP contribution in [-0.2, 0) is 6.54 Å². The molecule has 0 saturated heterocycles. The van der Waals surface area contributed by atoms with Crippen LogP contribution in [0.2, 0.25) is 0 Å². The van der Waals surface area contributed by atoms with Crippen molar-refractivity contribution in [3.63, 3.8) is 0 Å². The van der Waals surface area contributed by atoms with Gasteiger partial charge in [-0.2, -0.15) is 5.26 Å². The van der Waals surface area contributed by atoms with E-state index in [4.69, 9.17) is 5.26 Å². The maximum absolute atomic E-state index is 8.80. The Morgan fingerprint density at radius 3 is 2.71 bits per heavy atom. The Morgan fingerprint density at radius 2 is 1.95 bits per heavy atom. The number of nitrogens with zero attached hydrogens (tertiary/aromatic N) is 3. The Morgan fingerprint density at radius 1 is 1.14 bits per heavy atom. The van der Waals surface area contributed by atoms with Crippen molar-refractivity contribution < 1.29 is 0 Å². The number of nitriles is 1. The summed E-state index contributed by atoms with van der Waals surface area (Å²) < 4.78 is 0. The zero-order valence-corrected chi connectivity index (χ0v) is 12.3. The lowest BCUT2D eigenvalue weighted by atomic mass is 10.2. The van der Waals surface area contributed by atoms with Gasteiger partial charge in [0, 0.05) is 13.1 Å². The van der Waals surface area contributed by atoms with Crippen LogP contribution in [0.3, 0.4) is 0 Å². The maximum Gasteiger partial charge on any atom is 0.142 e. The van der Waals surface area contributed by atoms with Gasteiger partial charge in [0.2, 0.25) is 0 Å². The molecule has 0 aliphatic carbocycles. The summed E-state index contributed by atoms with van der Waals surface area (Å²) >= 11 is 0. The molecule has 0 atom stereocenters. The smallest absolute Gasteiger partial charge is 0.142 e. The molecule has 0 amide bonds. The molecule has 4 heteroatoms. The Kier molecular flexibility index (Phi) is 5.74. The molecule has 0 aliphatic heterocycles. The molecular weight excluding hydrogens is 260 g/mol. The highest BCUT2D eigenvalue weighted by molar-refractivity contribution is 5.38. The minimum Gasteiger partial charge on any atom is -0.370 e. The zero-order valence-electron chi connectivity index (χ0n) is 12.3. The molecule has 108 valence electrons. The number of pyridine rings is 1. The van der Waals surface area contributed by atoms with Gasteiger partial charge in [0.05, 0.1) is 0 Å². The molecule has 0 spiro atoms. The van der Waals surface area contributed by atoms with E-state index >= 15 is 0 Å². The van der Waals surface area contributed by atoms with Crippen LogP contribution < -0.4 is 5.32 Å². The van der Waals surface area contributed by atoms with Gasteiger partial charge in [-0.05, 0) is 37.7 Å². The predicted molar refractivity (Wildman–Crippen MR) is 84.8 cm³/mol. The summed E-state index contributed by atoms with van der Waals surface area (Å²) in [4.78, 5) is 6.49. The van der Waals surface area contributed by atoms with Crippen molar-refractivity contribution >= 4 is 5.82 Å². The summed E-state index contributed by atoms with van der Waals surface area (Å²) in [7, 11) is 2.13. The van der Waals surface area contributed by atoms with Crippen LogP contribution in [0.5, 0.6) is 0 Å². The average Bonchev–Trinajstić information content (AvgIpc) is 2.53. The van der Waals surface area contributed by atoms with Gasteiger partial charge in [-0.15, -0.1) is 0 Å². The molecule has 0 unspecified atom stereocenters. The van der Waals surface area contributed by atoms with Crippen LogP contribution in [0, 0.1) is 11.3 Å². The summed E-state index contributed by atoms with van der Waals surface area (Å²) in [5, 5.41) is 12.0. The van der Waals surface area contributed by atoms with Crippen molar-refractivity contribution in [1.82, 2.24) is 9.88 Å². The number of aromatic nitrogens is 1. The van der Waals surface area contributed by atoms with Gasteiger partial charge in [0.1, 0.15) is 17.6 Å². The molecular formula is C17H20N4. The van der Waals surface area contributed by atoms with Crippen LogP contribution in [0.25, 0.3) is 0 Å². The highest BCUT2D eigenvalue weighted by atomic mass is 15.1. The standard InChI is InChI=1S/C17H20N4/c1-21(14-15-7-3-2-4-8-15)12-6-11-19-17-10-5-9-16(13-18)20-17/h2-5,7-10H,6,11-12,14H2,1H3,(H,19,20). The highest BCUT2D eigenvalue weighted by Gasteiger charge is 2.00. The molecule has 1 N–H and O–H groups in total. The lowest BCUT2D eigenvalue weighted by Crippen LogP contribution is -2.21. The molecule has 1 aromatic heterocycles. The van der Waals surface area contributed by atoms with Crippen molar-refractivity contribution in [1.29, 1.82) is 5.26 Å². The first-order chi connectivity index (χ1) is 10.3. The molecule has 1 aromatic carbocycles. The summed E-state index contributed by atoms with van der Waals surface area (Å²) in [5.74, 6) is 0.764. The van der Waals surface area contributed by atoms with Gasteiger partial charge in [-0.3, -0.25) is 0 Å². The Labute approximate surface area is 126 Å². The largest absolute Gasteiger partial charge is 0.370 e. The SMILES string of the molecule is CN(CCCNc1cccc(C#N)n1)Cc1ccccc1. The molecule has 2 aromatic rings. The van der Waals surface area contributed by atoms with Gasteiger partial charge < -0.3 is 10.2 Å². The van der Waals surface area contributed by atoms with E-state index in [2.05, 4.69) is 46.5 Å². The lowest BCUT2D eigenvalue weighted by Gasteiger charge is -2.16. The molecule has 1 heterocycles. The summed E-state index contributed by atoms with van der Waals surface area (Å²) in [6, 6.07) is 17.9. The van der Waals surface area contributed by atoms with Crippen LogP contribution in [-0.4, -0.2) is 30.0 Å². The quantitative estimate of drug-likeness (QED) is 0.792. The average molecular weight is 280 g/mol. The Balaban J connectivity index is 1.68. The van der Waals surface area contributed by atoms with E-state index in [0.29, 0.717) is 5.69 Å². The van der Waals surface area contributed by atoms with Crippen molar-refractivity contribution in [3.05, 3.63) is 59.8 Å². The van der Waals surface area contributed by atoms with Crippen LogP contribution in [0.4, 0.5) is 5.82 Å². The predicted octanol–water partition coefficient (Wildman–Crippen LogP) is 2.89. The molecule has 0 bridgehead atoms. The summed E-state index contributed by atoms with van der Waals surface area (Å²) in [5.41, 5.74) is 1.78. The van der Waals surface area contributed by atoms with Gasteiger partial charge in [-0.25, -0.2) is 4.98 Å². The number of nitrogens with one attached hydrogen (secondary N) is 1. The molecule has 0 radical (unpaired) electrons. The second-order valence-electron chi connectivity index (χ2n) is 5.02. The summed E-state index contributed by atoms with van der Waals surface area (Å²) in [6.45, 7) is 2.82. The third-order valence-corrected chi connectivity index (χ3v) is 3.18. The third kappa shape index (κ3) is 5.25. The van der Waals surface area contributed by atoms with Crippen molar-refractivity contribution in [2.24, 2.45) is 0 Å². The molecule has 21 heavy (non-hydrogen) atoms. The molecule has 0 saturated carbocycles. The topological polar surface area (TPSA) is 52.0 Å². The first kappa shape index (κ1) is 15.0. The van der Waals surface area contributed by atoms with Crippen molar-refractivity contribution in [3.8, 4) is 6.07 Å². The number of rotatable bonds is 7. The highest BCUT2D eigenvalue weighted by Crippen LogP contribution is 2.05. The van der Waals surface area contributed by atoms with E-state index in [1.54, 1.807) is 6.07 Å². The Bertz CT molecular complexity index is 589. The van der Waals surface area contributed by atoms with Crippen LogP contribution in [0.1, 0.15) is 17.7 Å². The van der Waals surface area contributed by atoms with E-state index in [1.165, 1.54) is 5.56 Å². The first-order valence-corrected chi connectivity index (χ1v) is 7.11.